The predicted octanol–water partition coefficient (Wildman–Crippen LogP) is 3.32. The Kier molecular flexibility index (Phi) is 4.07. The van der Waals surface area contributed by atoms with Crippen LogP contribution in [-0.4, -0.2) is 8.42 Å². The van der Waals surface area contributed by atoms with Gasteiger partial charge in [-0.3, -0.25) is 0 Å². The third-order valence-corrected chi connectivity index (χ3v) is 4.85. The van der Waals surface area contributed by atoms with Crippen LogP contribution in [0.1, 0.15) is 11.1 Å². The van der Waals surface area contributed by atoms with Gasteiger partial charge in [-0.1, -0.05) is 23.7 Å². The summed E-state index contributed by atoms with van der Waals surface area (Å²) in [5.74, 6) is -1.21. The van der Waals surface area contributed by atoms with Gasteiger partial charge < -0.3 is 0 Å². The van der Waals surface area contributed by atoms with Crippen molar-refractivity contribution >= 4 is 21.4 Å². The SMILES string of the molecule is N#Cc1ccc(F)c(CS(=O)(=O)c2ccccc2Cl)c1. The van der Waals surface area contributed by atoms with Gasteiger partial charge in [0, 0.05) is 5.56 Å². The second kappa shape index (κ2) is 5.61. The fourth-order valence-corrected chi connectivity index (χ4v) is 3.66. The van der Waals surface area contributed by atoms with E-state index in [1.54, 1.807) is 12.1 Å². The van der Waals surface area contributed by atoms with Crippen LogP contribution in [0.3, 0.4) is 0 Å². The maximum absolute atomic E-state index is 13.6. The molecule has 6 heteroatoms. The molecule has 0 atom stereocenters. The molecule has 20 heavy (non-hydrogen) atoms. The topological polar surface area (TPSA) is 57.9 Å². The summed E-state index contributed by atoms with van der Waals surface area (Å²) in [6.07, 6.45) is 0. The summed E-state index contributed by atoms with van der Waals surface area (Å²) < 4.78 is 38.1. The molecule has 0 radical (unpaired) electrons. The summed E-state index contributed by atoms with van der Waals surface area (Å²) in [6.45, 7) is 0. The molecule has 0 aliphatic rings. The molecule has 2 rings (SSSR count). The molecule has 0 aromatic heterocycles. The molecule has 0 saturated heterocycles. The first-order valence-corrected chi connectivity index (χ1v) is 7.63. The van der Waals surface area contributed by atoms with Gasteiger partial charge in [0.1, 0.15) is 5.82 Å². The number of halogens is 2. The summed E-state index contributed by atoms with van der Waals surface area (Å²) in [6, 6.07) is 11.4. The number of nitrogens with zero attached hydrogens (tertiary/aromatic N) is 1. The lowest BCUT2D eigenvalue weighted by molar-refractivity contribution is 0.587. The molecule has 0 N–H and O–H groups in total. The number of nitriles is 1. The maximum atomic E-state index is 13.6. The molecular weight excluding hydrogens is 301 g/mol. The minimum atomic E-state index is -3.77. The summed E-state index contributed by atoms with van der Waals surface area (Å²) in [4.78, 5) is -0.0524. The van der Waals surface area contributed by atoms with Crippen LogP contribution in [0, 0.1) is 17.1 Å². The van der Waals surface area contributed by atoms with Crippen LogP contribution in [0.5, 0.6) is 0 Å². The molecule has 2 aromatic carbocycles. The number of hydrogen-bond donors (Lipinski definition) is 0. The Balaban J connectivity index is 2.44. The Labute approximate surface area is 121 Å². The molecule has 0 spiro atoms. The number of hydrogen-bond acceptors (Lipinski definition) is 3. The number of sulfone groups is 1. The van der Waals surface area contributed by atoms with E-state index in [0.717, 1.165) is 6.07 Å². The van der Waals surface area contributed by atoms with Crippen LogP contribution in [0.15, 0.2) is 47.4 Å². The van der Waals surface area contributed by atoms with Crippen molar-refractivity contribution in [2.45, 2.75) is 10.6 Å². The Morgan fingerprint density at radius 3 is 2.55 bits per heavy atom. The molecular formula is C14H9ClFNO2S. The Bertz CT molecular complexity index is 797. The zero-order valence-corrected chi connectivity index (χ0v) is 11.7. The van der Waals surface area contributed by atoms with E-state index >= 15 is 0 Å². The van der Waals surface area contributed by atoms with Gasteiger partial charge in [-0.05, 0) is 30.3 Å². The minimum absolute atomic E-state index is 0.0519. The zero-order valence-electron chi connectivity index (χ0n) is 10.2. The van der Waals surface area contributed by atoms with Crippen LogP contribution in [-0.2, 0) is 15.6 Å². The fraction of sp³-hybridized carbons (Fsp3) is 0.0714. The standard InChI is InChI=1S/C14H9ClFNO2S/c15-12-3-1-2-4-14(12)20(18,19)9-11-7-10(8-17)5-6-13(11)16/h1-7H,9H2. The third kappa shape index (κ3) is 2.98. The van der Waals surface area contributed by atoms with Gasteiger partial charge in [-0.2, -0.15) is 5.26 Å². The highest BCUT2D eigenvalue weighted by Crippen LogP contribution is 2.25. The lowest BCUT2D eigenvalue weighted by atomic mass is 10.1. The van der Waals surface area contributed by atoms with Crippen LogP contribution >= 0.6 is 11.6 Å². The summed E-state index contributed by atoms with van der Waals surface area (Å²) in [7, 11) is -3.77. The monoisotopic (exact) mass is 309 g/mol. The highest BCUT2D eigenvalue weighted by molar-refractivity contribution is 7.90. The average Bonchev–Trinajstić information content (AvgIpc) is 2.41. The third-order valence-electron chi connectivity index (χ3n) is 2.69. The van der Waals surface area contributed by atoms with Crippen molar-refractivity contribution in [1.82, 2.24) is 0 Å². The maximum Gasteiger partial charge on any atom is 0.184 e. The number of benzene rings is 2. The normalized spacial score (nSPS) is 11.1. The van der Waals surface area contributed by atoms with Crippen LogP contribution in [0.25, 0.3) is 0 Å². The van der Waals surface area contributed by atoms with Crippen molar-refractivity contribution in [1.29, 1.82) is 5.26 Å². The summed E-state index contributed by atoms with van der Waals surface area (Å²) in [5, 5.41) is 8.86. The predicted molar refractivity (Wildman–Crippen MR) is 73.5 cm³/mol. The van der Waals surface area contributed by atoms with E-state index in [2.05, 4.69) is 0 Å². The van der Waals surface area contributed by atoms with Crippen molar-refractivity contribution in [2.24, 2.45) is 0 Å². The van der Waals surface area contributed by atoms with E-state index in [4.69, 9.17) is 16.9 Å². The van der Waals surface area contributed by atoms with E-state index in [1.165, 1.54) is 24.3 Å². The molecule has 3 nitrogen and oxygen atoms in total. The second-order valence-corrected chi connectivity index (χ2v) is 6.47. The van der Waals surface area contributed by atoms with Crippen molar-refractivity contribution in [3.05, 3.63) is 64.4 Å². The Hall–Kier alpha value is -1.90. The first kappa shape index (κ1) is 14.5. The first-order chi connectivity index (χ1) is 9.44. The zero-order chi connectivity index (χ0) is 14.8. The molecule has 0 aliphatic carbocycles. The smallest absolute Gasteiger partial charge is 0.184 e. The Morgan fingerprint density at radius 1 is 1.20 bits per heavy atom. The van der Waals surface area contributed by atoms with Crippen molar-refractivity contribution in [2.75, 3.05) is 0 Å². The van der Waals surface area contributed by atoms with Crippen LogP contribution in [0.4, 0.5) is 4.39 Å². The van der Waals surface area contributed by atoms with E-state index in [0.29, 0.717) is 0 Å². The Morgan fingerprint density at radius 2 is 1.90 bits per heavy atom. The second-order valence-electron chi connectivity index (χ2n) is 4.11. The minimum Gasteiger partial charge on any atom is -0.223 e. The van der Waals surface area contributed by atoms with Gasteiger partial charge in [0.2, 0.25) is 0 Å². The van der Waals surface area contributed by atoms with Gasteiger partial charge in [-0.25, -0.2) is 12.8 Å². The molecule has 0 unspecified atom stereocenters. The lowest BCUT2D eigenvalue weighted by Crippen LogP contribution is -2.07. The highest BCUT2D eigenvalue weighted by Gasteiger charge is 2.20. The van der Waals surface area contributed by atoms with Gasteiger partial charge in [0.15, 0.2) is 9.84 Å². The largest absolute Gasteiger partial charge is 0.223 e. The van der Waals surface area contributed by atoms with Crippen molar-refractivity contribution in [3.8, 4) is 6.07 Å². The molecule has 2 aromatic rings. The molecule has 0 fully saturated rings. The van der Waals surface area contributed by atoms with E-state index < -0.39 is 21.4 Å². The molecule has 0 heterocycles. The molecule has 0 amide bonds. The van der Waals surface area contributed by atoms with Crippen LogP contribution < -0.4 is 0 Å². The molecule has 102 valence electrons. The van der Waals surface area contributed by atoms with E-state index in [9.17, 15) is 12.8 Å². The average molecular weight is 310 g/mol. The molecule has 0 bridgehead atoms. The van der Waals surface area contributed by atoms with Gasteiger partial charge in [-0.15, -0.1) is 0 Å². The highest BCUT2D eigenvalue weighted by atomic mass is 35.5. The molecule has 0 saturated carbocycles. The summed E-state index contributed by atoms with van der Waals surface area (Å²) in [5.41, 5.74) is 0.153. The van der Waals surface area contributed by atoms with Gasteiger partial charge in [0.25, 0.3) is 0 Å². The molecule has 0 aliphatic heterocycles. The van der Waals surface area contributed by atoms with Gasteiger partial charge in [0.05, 0.1) is 27.3 Å². The first-order valence-electron chi connectivity index (χ1n) is 5.60. The van der Waals surface area contributed by atoms with E-state index in [-0.39, 0.29) is 21.0 Å². The van der Waals surface area contributed by atoms with Crippen molar-refractivity contribution < 1.29 is 12.8 Å². The summed E-state index contributed by atoms with van der Waals surface area (Å²) >= 11 is 5.85. The lowest BCUT2D eigenvalue weighted by Gasteiger charge is -2.07. The van der Waals surface area contributed by atoms with E-state index in [1.807, 2.05) is 6.07 Å². The van der Waals surface area contributed by atoms with Gasteiger partial charge >= 0.3 is 0 Å². The number of rotatable bonds is 3. The van der Waals surface area contributed by atoms with Crippen molar-refractivity contribution in [3.63, 3.8) is 0 Å². The quantitative estimate of drug-likeness (QED) is 0.874. The van der Waals surface area contributed by atoms with Crippen LogP contribution in [0.2, 0.25) is 5.02 Å². The fourth-order valence-electron chi connectivity index (χ4n) is 1.73.